The number of amides is 1. The van der Waals surface area contributed by atoms with Crippen LogP contribution in [0.15, 0.2) is 24.3 Å². The second-order valence-corrected chi connectivity index (χ2v) is 8.95. The van der Waals surface area contributed by atoms with E-state index in [1.54, 1.807) is 7.11 Å². The number of rotatable bonds is 4. The number of hydrogen-bond donors (Lipinski definition) is 0. The van der Waals surface area contributed by atoms with Gasteiger partial charge in [0.05, 0.1) is 19.3 Å². The van der Waals surface area contributed by atoms with Gasteiger partial charge in [-0.1, -0.05) is 0 Å². The average Bonchev–Trinajstić information content (AvgIpc) is 2.67. The van der Waals surface area contributed by atoms with Crippen LogP contribution < -0.4 is 9.64 Å². The number of carbonyl (C=O) groups excluding carboxylic acids is 1. The fraction of sp³-hybridized carbons (Fsp3) is 0.611. The van der Waals surface area contributed by atoms with Crippen LogP contribution in [0.3, 0.4) is 0 Å². The molecule has 2 fully saturated rings. The quantitative estimate of drug-likeness (QED) is 0.779. The Balaban J connectivity index is 1.56. The predicted octanol–water partition coefficient (Wildman–Crippen LogP) is 1.02. The largest absolute Gasteiger partial charge is 0.497 e. The number of piperazine rings is 1. The first-order chi connectivity index (χ1) is 12.4. The Morgan fingerprint density at radius 2 is 1.73 bits per heavy atom. The van der Waals surface area contributed by atoms with Crippen molar-refractivity contribution < 1.29 is 17.9 Å². The van der Waals surface area contributed by atoms with E-state index < -0.39 is 10.0 Å². The van der Waals surface area contributed by atoms with E-state index in [2.05, 4.69) is 4.90 Å². The Bertz CT molecular complexity index is 727. The number of nitrogens with zero attached hydrogens (tertiary/aromatic N) is 3. The highest BCUT2D eigenvalue weighted by molar-refractivity contribution is 7.88. The first-order valence-corrected chi connectivity index (χ1v) is 10.9. The number of ether oxygens (including phenoxy) is 1. The van der Waals surface area contributed by atoms with Crippen LogP contribution >= 0.6 is 0 Å². The summed E-state index contributed by atoms with van der Waals surface area (Å²) in [5.74, 6) is 0.703. The van der Waals surface area contributed by atoms with Crippen molar-refractivity contribution in [2.45, 2.75) is 12.8 Å². The molecule has 0 aliphatic carbocycles. The molecule has 1 unspecified atom stereocenters. The SMILES string of the molecule is COc1ccc(N2CCN(C(=O)C3CCCN(S(C)(=O)=O)C3)CC2)cc1. The van der Waals surface area contributed by atoms with Crippen LogP contribution in [0.25, 0.3) is 0 Å². The minimum Gasteiger partial charge on any atom is -0.497 e. The molecule has 144 valence electrons. The van der Waals surface area contributed by atoms with Crippen molar-refractivity contribution in [3.05, 3.63) is 24.3 Å². The van der Waals surface area contributed by atoms with E-state index in [1.165, 1.54) is 10.6 Å². The normalized spacial score (nSPS) is 22.3. The molecule has 0 spiro atoms. The van der Waals surface area contributed by atoms with Crippen LogP contribution in [0, 0.1) is 5.92 Å². The van der Waals surface area contributed by atoms with Crippen molar-refractivity contribution >= 4 is 21.6 Å². The Kier molecular flexibility index (Phi) is 5.72. The lowest BCUT2D eigenvalue weighted by Crippen LogP contribution is -2.53. The highest BCUT2D eigenvalue weighted by atomic mass is 32.2. The van der Waals surface area contributed by atoms with Gasteiger partial charge in [-0.3, -0.25) is 4.79 Å². The Labute approximate surface area is 155 Å². The maximum atomic E-state index is 12.8. The number of anilines is 1. The molecule has 26 heavy (non-hydrogen) atoms. The van der Waals surface area contributed by atoms with E-state index in [9.17, 15) is 13.2 Å². The molecule has 1 aromatic carbocycles. The smallest absolute Gasteiger partial charge is 0.227 e. The van der Waals surface area contributed by atoms with Crippen molar-refractivity contribution in [1.82, 2.24) is 9.21 Å². The summed E-state index contributed by atoms with van der Waals surface area (Å²) in [6, 6.07) is 7.94. The Morgan fingerprint density at radius 3 is 2.31 bits per heavy atom. The molecule has 3 rings (SSSR count). The summed E-state index contributed by atoms with van der Waals surface area (Å²) >= 11 is 0. The average molecular weight is 381 g/mol. The monoisotopic (exact) mass is 381 g/mol. The van der Waals surface area contributed by atoms with E-state index in [0.29, 0.717) is 26.2 Å². The highest BCUT2D eigenvalue weighted by Crippen LogP contribution is 2.24. The van der Waals surface area contributed by atoms with Gasteiger partial charge in [0, 0.05) is 45.0 Å². The molecular formula is C18H27N3O4S. The van der Waals surface area contributed by atoms with Crippen molar-refractivity contribution in [3.8, 4) is 5.75 Å². The van der Waals surface area contributed by atoms with Gasteiger partial charge in [0.15, 0.2) is 0 Å². The Hall–Kier alpha value is -1.80. The molecule has 8 heteroatoms. The lowest BCUT2D eigenvalue weighted by Gasteiger charge is -2.39. The number of methoxy groups -OCH3 is 1. The molecule has 0 N–H and O–H groups in total. The fourth-order valence-corrected chi connectivity index (χ4v) is 4.59. The van der Waals surface area contributed by atoms with Gasteiger partial charge < -0.3 is 14.5 Å². The molecule has 2 aliphatic rings. The van der Waals surface area contributed by atoms with Crippen LogP contribution in [0.4, 0.5) is 5.69 Å². The summed E-state index contributed by atoms with van der Waals surface area (Å²) in [6.07, 6.45) is 2.73. The van der Waals surface area contributed by atoms with Crippen LogP contribution in [0.2, 0.25) is 0 Å². The molecule has 0 saturated carbocycles. The molecule has 1 amide bonds. The van der Waals surface area contributed by atoms with Crippen molar-refractivity contribution in [3.63, 3.8) is 0 Å². The second kappa shape index (κ2) is 7.84. The third-order valence-electron chi connectivity index (χ3n) is 5.23. The van der Waals surface area contributed by atoms with Gasteiger partial charge in [-0.15, -0.1) is 0 Å². The van der Waals surface area contributed by atoms with Gasteiger partial charge in [0.25, 0.3) is 0 Å². The van der Waals surface area contributed by atoms with Crippen LogP contribution in [0.5, 0.6) is 5.75 Å². The Morgan fingerprint density at radius 1 is 1.08 bits per heavy atom. The third kappa shape index (κ3) is 4.29. The minimum atomic E-state index is -3.23. The van der Waals surface area contributed by atoms with Crippen molar-refractivity contribution in [2.24, 2.45) is 5.92 Å². The number of hydrogen-bond acceptors (Lipinski definition) is 5. The van der Waals surface area contributed by atoms with E-state index in [-0.39, 0.29) is 11.8 Å². The molecule has 1 atom stereocenters. The molecule has 2 heterocycles. The zero-order chi connectivity index (χ0) is 18.7. The van der Waals surface area contributed by atoms with Gasteiger partial charge in [-0.05, 0) is 37.1 Å². The third-order valence-corrected chi connectivity index (χ3v) is 6.50. The van der Waals surface area contributed by atoms with E-state index in [1.807, 2.05) is 29.2 Å². The summed E-state index contributed by atoms with van der Waals surface area (Å²) in [7, 11) is -1.58. The van der Waals surface area contributed by atoms with Crippen LogP contribution in [-0.2, 0) is 14.8 Å². The molecule has 2 saturated heterocycles. The summed E-state index contributed by atoms with van der Waals surface area (Å²) in [4.78, 5) is 17.0. The zero-order valence-corrected chi connectivity index (χ0v) is 16.2. The maximum Gasteiger partial charge on any atom is 0.227 e. The summed E-state index contributed by atoms with van der Waals surface area (Å²) in [5.41, 5.74) is 1.12. The van der Waals surface area contributed by atoms with Gasteiger partial charge in [0.1, 0.15) is 5.75 Å². The molecule has 0 radical (unpaired) electrons. The van der Waals surface area contributed by atoms with Gasteiger partial charge >= 0.3 is 0 Å². The van der Waals surface area contributed by atoms with Crippen LogP contribution in [0.1, 0.15) is 12.8 Å². The first kappa shape index (κ1) is 19.0. The molecule has 2 aliphatic heterocycles. The molecular weight excluding hydrogens is 354 g/mol. The fourth-order valence-electron chi connectivity index (χ4n) is 3.68. The van der Waals surface area contributed by atoms with Gasteiger partial charge in [-0.25, -0.2) is 12.7 Å². The first-order valence-electron chi connectivity index (χ1n) is 9.01. The van der Waals surface area contributed by atoms with Crippen molar-refractivity contribution in [1.29, 1.82) is 0 Å². The minimum absolute atomic E-state index is 0.0905. The van der Waals surface area contributed by atoms with E-state index >= 15 is 0 Å². The predicted molar refractivity (Wildman–Crippen MR) is 101 cm³/mol. The lowest BCUT2D eigenvalue weighted by molar-refractivity contribution is -0.137. The standard InChI is InChI=1S/C18H27N3O4S/c1-25-17-7-5-16(6-8-17)19-10-12-20(13-11-19)18(22)15-4-3-9-21(14-15)26(2,23)24/h5-8,15H,3-4,9-14H2,1-2H3. The number of piperidine rings is 1. The summed E-state index contributed by atoms with van der Waals surface area (Å²) in [5, 5.41) is 0. The molecule has 7 nitrogen and oxygen atoms in total. The molecule has 1 aromatic rings. The van der Waals surface area contributed by atoms with Crippen molar-refractivity contribution in [2.75, 3.05) is 57.5 Å². The summed E-state index contributed by atoms with van der Waals surface area (Å²) < 4.78 is 30.1. The second-order valence-electron chi connectivity index (χ2n) is 6.97. The van der Waals surface area contributed by atoms with Gasteiger partial charge in [-0.2, -0.15) is 0 Å². The topological polar surface area (TPSA) is 70.2 Å². The maximum absolute atomic E-state index is 12.8. The van der Waals surface area contributed by atoms with Crippen LogP contribution in [-0.4, -0.2) is 76.2 Å². The lowest BCUT2D eigenvalue weighted by atomic mass is 9.97. The zero-order valence-electron chi connectivity index (χ0n) is 15.4. The number of sulfonamides is 1. The van der Waals surface area contributed by atoms with E-state index in [0.717, 1.165) is 37.4 Å². The summed E-state index contributed by atoms with van der Waals surface area (Å²) in [6.45, 7) is 3.73. The van der Waals surface area contributed by atoms with E-state index in [4.69, 9.17) is 4.74 Å². The number of benzene rings is 1. The van der Waals surface area contributed by atoms with Gasteiger partial charge in [0.2, 0.25) is 15.9 Å². The number of carbonyl (C=O) groups is 1. The molecule has 0 aromatic heterocycles. The molecule has 0 bridgehead atoms. The highest BCUT2D eigenvalue weighted by Gasteiger charge is 2.33.